The molecule has 4 N–H and O–H groups in total. The van der Waals surface area contributed by atoms with E-state index < -0.39 is 40.2 Å². The fourth-order valence-corrected chi connectivity index (χ4v) is 3.41. The lowest BCUT2D eigenvalue weighted by molar-refractivity contribution is -0.254. The summed E-state index contributed by atoms with van der Waals surface area (Å²) in [4.78, 5) is 8.02. The molecule has 0 spiro atoms. The van der Waals surface area contributed by atoms with E-state index in [1.807, 2.05) is 0 Å². The second kappa shape index (κ2) is 7.64. The Morgan fingerprint density at radius 1 is 1.07 bits per heavy atom. The van der Waals surface area contributed by atoms with Gasteiger partial charge in [0.15, 0.2) is 0 Å². The van der Waals surface area contributed by atoms with Gasteiger partial charge in [-0.2, -0.15) is 8.42 Å². The zero-order valence-electron chi connectivity index (χ0n) is 13.5. The molecule has 1 saturated heterocycles. The van der Waals surface area contributed by atoms with Crippen LogP contribution in [0, 0.1) is 0 Å². The van der Waals surface area contributed by atoms with Gasteiger partial charge in [0, 0.05) is 11.8 Å². The molecule has 0 aromatic carbocycles. The van der Waals surface area contributed by atoms with E-state index in [0.29, 0.717) is 11.3 Å². The molecule has 0 aliphatic carbocycles. The van der Waals surface area contributed by atoms with Crippen LogP contribution in [0.1, 0.15) is 0 Å². The minimum atomic E-state index is -4.86. The summed E-state index contributed by atoms with van der Waals surface area (Å²) in [5.41, 5.74) is -0.935. The molecule has 0 saturated carbocycles. The molecule has 2 aromatic heterocycles. The number of pyridine rings is 2. The van der Waals surface area contributed by atoms with Crippen LogP contribution in [0.2, 0.25) is 5.15 Å². The van der Waals surface area contributed by atoms with Gasteiger partial charge in [0.2, 0.25) is 11.7 Å². The van der Waals surface area contributed by atoms with Crippen molar-refractivity contribution in [1.29, 1.82) is 0 Å². The van der Waals surface area contributed by atoms with Gasteiger partial charge in [0.05, 0.1) is 11.9 Å². The van der Waals surface area contributed by atoms with Crippen molar-refractivity contribution in [2.75, 3.05) is 0 Å². The number of aliphatic hydroxyl groups excluding tert-OH is 3. The molecule has 2 aromatic rings. The van der Waals surface area contributed by atoms with Gasteiger partial charge in [0.25, 0.3) is 10.1 Å². The van der Waals surface area contributed by atoms with Crippen molar-refractivity contribution < 1.29 is 37.8 Å². The van der Waals surface area contributed by atoms with Gasteiger partial charge in [-0.05, 0) is 24.3 Å². The van der Waals surface area contributed by atoms with Crippen molar-refractivity contribution in [3.63, 3.8) is 0 Å². The smallest absolute Gasteiger partial charge is 0.295 e. The molecule has 1 aliphatic rings. The number of ether oxygens (including phenoxy) is 2. The number of aromatic nitrogens is 2. The average molecular weight is 419 g/mol. The number of aliphatic hydroxyl groups is 3. The van der Waals surface area contributed by atoms with Gasteiger partial charge in [0.1, 0.15) is 29.2 Å². The molecule has 27 heavy (non-hydrogen) atoms. The van der Waals surface area contributed by atoms with Crippen LogP contribution >= 0.6 is 11.6 Å². The first-order valence-corrected chi connectivity index (χ1v) is 9.45. The molecule has 10 nitrogen and oxygen atoms in total. The van der Waals surface area contributed by atoms with Crippen LogP contribution in [0.15, 0.2) is 36.7 Å². The lowest BCUT2D eigenvalue weighted by Gasteiger charge is -2.38. The largest absolute Gasteiger partial charge is 0.460 e. The van der Waals surface area contributed by atoms with Crippen LogP contribution in [0.25, 0.3) is 11.3 Å². The molecule has 146 valence electrons. The Morgan fingerprint density at radius 3 is 2.41 bits per heavy atom. The van der Waals surface area contributed by atoms with Gasteiger partial charge in [-0.25, -0.2) is 4.98 Å². The van der Waals surface area contributed by atoms with Crippen LogP contribution < -0.4 is 4.74 Å². The first-order valence-electron chi connectivity index (χ1n) is 7.57. The van der Waals surface area contributed by atoms with Gasteiger partial charge < -0.3 is 24.8 Å². The van der Waals surface area contributed by atoms with E-state index >= 15 is 0 Å². The second-order valence-electron chi connectivity index (χ2n) is 5.72. The van der Waals surface area contributed by atoms with Crippen LogP contribution in [-0.4, -0.2) is 68.3 Å². The zero-order valence-corrected chi connectivity index (χ0v) is 15.0. The summed E-state index contributed by atoms with van der Waals surface area (Å²) < 4.78 is 41.8. The SMILES string of the molecule is O=S(=O)(O)C1O[C@@H](Oc2ccc(-c3ccnc(Cl)c3)nc2)[C@H](O)[C@@H](O)[C@@H]1O. The lowest BCUT2D eigenvalue weighted by Crippen LogP contribution is -2.61. The second-order valence-corrected chi connectivity index (χ2v) is 7.61. The Bertz CT molecular complexity index is 910. The van der Waals surface area contributed by atoms with Crippen molar-refractivity contribution in [3.8, 4) is 17.0 Å². The molecule has 0 radical (unpaired) electrons. The predicted molar refractivity (Wildman–Crippen MR) is 91.3 cm³/mol. The van der Waals surface area contributed by atoms with E-state index in [9.17, 15) is 23.7 Å². The minimum Gasteiger partial charge on any atom is -0.460 e. The Hall–Kier alpha value is -1.86. The maximum Gasteiger partial charge on any atom is 0.295 e. The molecule has 0 bridgehead atoms. The maximum atomic E-state index is 11.3. The van der Waals surface area contributed by atoms with Crippen LogP contribution in [0.5, 0.6) is 5.75 Å². The average Bonchev–Trinajstić information content (AvgIpc) is 2.62. The minimum absolute atomic E-state index is 0.0839. The first-order chi connectivity index (χ1) is 12.7. The third-order valence-electron chi connectivity index (χ3n) is 3.83. The zero-order chi connectivity index (χ0) is 19.8. The van der Waals surface area contributed by atoms with E-state index in [0.717, 1.165) is 0 Å². The van der Waals surface area contributed by atoms with Crippen molar-refractivity contribution in [2.45, 2.75) is 30.0 Å². The quantitative estimate of drug-likeness (QED) is 0.387. The Morgan fingerprint density at radius 2 is 1.81 bits per heavy atom. The van der Waals surface area contributed by atoms with Gasteiger partial charge in [-0.15, -0.1) is 0 Å². The van der Waals surface area contributed by atoms with E-state index in [4.69, 9.17) is 25.6 Å². The maximum absolute atomic E-state index is 11.3. The highest BCUT2D eigenvalue weighted by Crippen LogP contribution is 2.27. The summed E-state index contributed by atoms with van der Waals surface area (Å²) in [5.74, 6) is 0.0839. The third kappa shape index (κ3) is 4.35. The number of nitrogens with zero attached hydrogens (tertiary/aromatic N) is 2. The molecule has 5 atom stereocenters. The molecule has 3 heterocycles. The highest BCUT2D eigenvalue weighted by atomic mass is 35.5. The van der Waals surface area contributed by atoms with Crippen LogP contribution in [-0.2, 0) is 14.9 Å². The summed E-state index contributed by atoms with van der Waals surface area (Å²) in [7, 11) is -4.86. The topological polar surface area (TPSA) is 159 Å². The fraction of sp³-hybridized carbons (Fsp3) is 0.333. The van der Waals surface area contributed by atoms with Crippen molar-refractivity contribution >= 4 is 21.7 Å². The standard InChI is InChI=1S/C15H15ClN2O8S/c16-10-5-7(3-4-17-10)9-2-1-8(6-18-9)25-14-12(20)11(19)13(21)15(26-14)27(22,23)24/h1-6,11-15,19-21H,(H,22,23,24)/t11-,12-,13+,14-,15?/m1/s1. The van der Waals surface area contributed by atoms with E-state index in [2.05, 4.69) is 9.97 Å². The molecular formula is C15H15ClN2O8S. The summed E-state index contributed by atoms with van der Waals surface area (Å²) in [6.45, 7) is 0. The molecule has 1 aliphatic heterocycles. The summed E-state index contributed by atoms with van der Waals surface area (Å²) in [5, 5.41) is 29.7. The molecule has 0 amide bonds. The summed E-state index contributed by atoms with van der Waals surface area (Å²) in [6, 6.07) is 6.33. The predicted octanol–water partition coefficient (Wildman–Crippen LogP) is -0.171. The van der Waals surface area contributed by atoms with Gasteiger partial charge >= 0.3 is 0 Å². The lowest BCUT2D eigenvalue weighted by atomic mass is 10.1. The molecule has 1 fully saturated rings. The highest BCUT2D eigenvalue weighted by Gasteiger charge is 2.50. The Balaban J connectivity index is 1.78. The van der Waals surface area contributed by atoms with Gasteiger partial charge in [-0.1, -0.05) is 11.6 Å². The first kappa shape index (κ1) is 19.9. The number of hydrogen-bond acceptors (Lipinski definition) is 9. The molecular weight excluding hydrogens is 404 g/mol. The summed E-state index contributed by atoms with van der Waals surface area (Å²) >= 11 is 5.83. The van der Waals surface area contributed by atoms with E-state index in [1.54, 1.807) is 18.2 Å². The summed E-state index contributed by atoms with van der Waals surface area (Å²) in [6.07, 6.45) is -4.61. The molecule has 12 heteroatoms. The number of rotatable bonds is 4. The normalized spacial score (nSPS) is 28.7. The highest BCUT2D eigenvalue weighted by molar-refractivity contribution is 7.86. The molecule has 1 unspecified atom stereocenters. The third-order valence-corrected chi connectivity index (χ3v) is 5.01. The van der Waals surface area contributed by atoms with Gasteiger partial charge in [-0.3, -0.25) is 9.54 Å². The number of halogens is 1. The van der Waals surface area contributed by atoms with Crippen LogP contribution in [0.3, 0.4) is 0 Å². The van der Waals surface area contributed by atoms with Crippen molar-refractivity contribution in [3.05, 3.63) is 41.8 Å². The van der Waals surface area contributed by atoms with E-state index in [1.165, 1.54) is 18.5 Å². The fourth-order valence-electron chi connectivity index (χ4n) is 2.48. The Kier molecular flexibility index (Phi) is 5.63. The van der Waals surface area contributed by atoms with Crippen molar-refractivity contribution in [2.24, 2.45) is 0 Å². The van der Waals surface area contributed by atoms with Crippen LogP contribution in [0.4, 0.5) is 0 Å². The van der Waals surface area contributed by atoms with E-state index in [-0.39, 0.29) is 10.9 Å². The number of hydrogen-bond donors (Lipinski definition) is 4. The molecule has 3 rings (SSSR count). The Labute approximate surface area is 158 Å². The monoisotopic (exact) mass is 418 g/mol. The van der Waals surface area contributed by atoms with Crippen molar-refractivity contribution in [1.82, 2.24) is 9.97 Å².